The molecule has 1 atom stereocenters. The van der Waals surface area contributed by atoms with Gasteiger partial charge in [-0.1, -0.05) is 6.07 Å². The molecule has 3 rings (SSSR count). The second kappa shape index (κ2) is 7.57. The van der Waals surface area contributed by atoms with Gasteiger partial charge < -0.3 is 5.32 Å². The number of aromatic nitrogens is 1. The Hall–Kier alpha value is -1.92. The molecule has 4 nitrogen and oxygen atoms in total. The fourth-order valence-electron chi connectivity index (χ4n) is 2.55. The van der Waals surface area contributed by atoms with E-state index in [1.54, 1.807) is 36.3 Å². The maximum atomic E-state index is 13.2. The van der Waals surface area contributed by atoms with E-state index in [9.17, 15) is 9.18 Å². The summed E-state index contributed by atoms with van der Waals surface area (Å²) in [6, 6.07) is 9.80. The SMILES string of the molecule is O=C(Nc1cccc(F)c1)C1CSCN1CCc1ccncc1. The van der Waals surface area contributed by atoms with Crippen molar-refractivity contribution in [1.29, 1.82) is 0 Å². The lowest BCUT2D eigenvalue weighted by atomic mass is 10.1. The molecule has 1 amide bonds. The van der Waals surface area contributed by atoms with Crippen LogP contribution in [0.5, 0.6) is 0 Å². The molecule has 0 aliphatic carbocycles. The number of nitrogens with one attached hydrogen (secondary N) is 1. The van der Waals surface area contributed by atoms with Crippen molar-refractivity contribution < 1.29 is 9.18 Å². The number of thioether (sulfide) groups is 1. The Kier molecular flexibility index (Phi) is 5.25. The van der Waals surface area contributed by atoms with E-state index in [1.165, 1.54) is 17.7 Å². The quantitative estimate of drug-likeness (QED) is 0.915. The predicted octanol–water partition coefficient (Wildman–Crippen LogP) is 2.78. The third kappa shape index (κ3) is 4.30. The van der Waals surface area contributed by atoms with Crippen molar-refractivity contribution in [1.82, 2.24) is 9.88 Å². The van der Waals surface area contributed by atoms with Gasteiger partial charge in [-0.2, -0.15) is 0 Å². The zero-order valence-corrected chi connectivity index (χ0v) is 13.4. The Labute approximate surface area is 139 Å². The average molecular weight is 331 g/mol. The summed E-state index contributed by atoms with van der Waals surface area (Å²) in [5.41, 5.74) is 1.71. The largest absolute Gasteiger partial charge is 0.325 e. The van der Waals surface area contributed by atoms with Crippen molar-refractivity contribution in [3.8, 4) is 0 Å². The number of anilines is 1. The van der Waals surface area contributed by atoms with Crippen molar-refractivity contribution in [3.05, 3.63) is 60.2 Å². The molecule has 1 N–H and O–H groups in total. The molecule has 2 aromatic rings. The smallest absolute Gasteiger partial charge is 0.242 e. The Morgan fingerprint density at radius 2 is 2.17 bits per heavy atom. The fraction of sp³-hybridized carbons (Fsp3) is 0.294. The highest BCUT2D eigenvalue weighted by Gasteiger charge is 2.30. The molecule has 0 saturated carbocycles. The van der Waals surface area contributed by atoms with E-state index in [0.29, 0.717) is 5.69 Å². The molecule has 1 aliphatic heterocycles. The zero-order valence-electron chi connectivity index (χ0n) is 12.6. The molecule has 0 bridgehead atoms. The minimum absolute atomic E-state index is 0.0738. The van der Waals surface area contributed by atoms with Gasteiger partial charge in [0.05, 0.1) is 6.04 Å². The van der Waals surface area contributed by atoms with Crippen molar-refractivity contribution in [2.24, 2.45) is 0 Å². The molecule has 120 valence electrons. The van der Waals surface area contributed by atoms with Gasteiger partial charge in [-0.05, 0) is 42.3 Å². The lowest BCUT2D eigenvalue weighted by Gasteiger charge is -2.22. The van der Waals surface area contributed by atoms with E-state index in [0.717, 1.165) is 24.6 Å². The van der Waals surface area contributed by atoms with E-state index >= 15 is 0 Å². The second-order valence-electron chi connectivity index (χ2n) is 5.43. The summed E-state index contributed by atoms with van der Waals surface area (Å²) in [7, 11) is 0. The standard InChI is InChI=1S/C17H18FN3OS/c18-14-2-1-3-15(10-14)20-17(22)16-11-23-12-21(16)9-6-13-4-7-19-8-5-13/h1-5,7-8,10,16H,6,9,11-12H2,(H,20,22). The van der Waals surface area contributed by atoms with Crippen LogP contribution in [0.25, 0.3) is 0 Å². The van der Waals surface area contributed by atoms with E-state index in [4.69, 9.17) is 0 Å². The summed E-state index contributed by atoms with van der Waals surface area (Å²) in [6.07, 6.45) is 4.44. The van der Waals surface area contributed by atoms with Crippen LogP contribution in [0.4, 0.5) is 10.1 Å². The molecule has 1 unspecified atom stereocenters. The second-order valence-corrected chi connectivity index (χ2v) is 6.43. The van der Waals surface area contributed by atoms with Crippen LogP contribution >= 0.6 is 11.8 Å². The summed E-state index contributed by atoms with van der Waals surface area (Å²) in [5.74, 6) is 1.18. The lowest BCUT2D eigenvalue weighted by Crippen LogP contribution is -2.42. The lowest BCUT2D eigenvalue weighted by molar-refractivity contribution is -0.119. The van der Waals surface area contributed by atoms with Gasteiger partial charge >= 0.3 is 0 Å². The number of amides is 1. The zero-order chi connectivity index (χ0) is 16.1. The average Bonchev–Trinajstić information content (AvgIpc) is 3.02. The first-order valence-electron chi connectivity index (χ1n) is 7.49. The van der Waals surface area contributed by atoms with Gasteiger partial charge in [0.1, 0.15) is 5.82 Å². The van der Waals surface area contributed by atoms with E-state index in [-0.39, 0.29) is 17.8 Å². The van der Waals surface area contributed by atoms with Gasteiger partial charge in [-0.25, -0.2) is 4.39 Å². The Morgan fingerprint density at radius 1 is 1.35 bits per heavy atom. The van der Waals surface area contributed by atoms with Gasteiger partial charge in [0.2, 0.25) is 5.91 Å². The number of hydrogen-bond donors (Lipinski definition) is 1. The molecule has 6 heteroatoms. The monoisotopic (exact) mass is 331 g/mol. The number of halogens is 1. The number of hydrogen-bond acceptors (Lipinski definition) is 4. The molecule has 1 saturated heterocycles. The van der Waals surface area contributed by atoms with Crippen molar-refractivity contribution >= 4 is 23.4 Å². The highest BCUT2D eigenvalue weighted by atomic mass is 32.2. The molecule has 23 heavy (non-hydrogen) atoms. The molecule has 2 heterocycles. The van der Waals surface area contributed by atoms with Crippen LogP contribution in [0.1, 0.15) is 5.56 Å². The summed E-state index contributed by atoms with van der Waals surface area (Å²) in [6.45, 7) is 0.818. The van der Waals surface area contributed by atoms with Crippen molar-refractivity contribution in [2.75, 3.05) is 23.5 Å². The number of carbonyl (C=O) groups is 1. The minimum Gasteiger partial charge on any atom is -0.325 e. The number of nitrogens with zero attached hydrogens (tertiary/aromatic N) is 2. The summed E-state index contributed by atoms with van der Waals surface area (Å²) >= 11 is 1.75. The van der Waals surface area contributed by atoms with Gasteiger partial charge in [0, 0.05) is 36.3 Å². The number of benzene rings is 1. The van der Waals surface area contributed by atoms with Crippen LogP contribution in [0, 0.1) is 5.82 Å². The summed E-state index contributed by atoms with van der Waals surface area (Å²) in [4.78, 5) is 18.6. The van der Waals surface area contributed by atoms with Crippen molar-refractivity contribution in [2.45, 2.75) is 12.5 Å². The predicted molar refractivity (Wildman–Crippen MR) is 90.8 cm³/mol. The fourth-order valence-corrected chi connectivity index (χ4v) is 3.79. The van der Waals surface area contributed by atoms with Gasteiger partial charge in [-0.15, -0.1) is 11.8 Å². The molecular weight excluding hydrogens is 313 g/mol. The highest BCUT2D eigenvalue weighted by molar-refractivity contribution is 7.99. The third-order valence-electron chi connectivity index (χ3n) is 3.81. The Morgan fingerprint density at radius 3 is 2.96 bits per heavy atom. The molecule has 1 aromatic heterocycles. The topological polar surface area (TPSA) is 45.2 Å². The van der Waals surface area contributed by atoms with Gasteiger partial charge in [-0.3, -0.25) is 14.7 Å². The molecule has 1 aromatic carbocycles. The third-order valence-corrected chi connectivity index (χ3v) is 4.87. The van der Waals surface area contributed by atoms with Crippen LogP contribution in [-0.2, 0) is 11.2 Å². The highest BCUT2D eigenvalue weighted by Crippen LogP contribution is 2.22. The van der Waals surface area contributed by atoms with Crippen molar-refractivity contribution in [3.63, 3.8) is 0 Å². The first kappa shape index (κ1) is 16.0. The van der Waals surface area contributed by atoms with Crippen LogP contribution in [0.15, 0.2) is 48.8 Å². The molecule has 0 spiro atoms. The van der Waals surface area contributed by atoms with Crippen LogP contribution < -0.4 is 5.32 Å². The first-order valence-corrected chi connectivity index (χ1v) is 8.65. The van der Waals surface area contributed by atoms with Gasteiger partial charge in [0.25, 0.3) is 0 Å². The number of rotatable bonds is 5. The Balaban J connectivity index is 1.58. The van der Waals surface area contributed by atoms with E-state index in [1.807, 2.05) is 12.1 Å². The Bertz CT molecular complexity index is 668. The molecular formula is C17H18FN3OS. The van der Waals surface area contributed by atoms with Gasteiger partial charge in [0.15, 0.2) is 0 Å². The number of carbonyl (C=O) groups excluding carboxylic acids is 1. The molecule has 1 aliphatic rings. The number of pyridine rings is 1. The minimum atomic E-state index is -0.349. The van der Waals surface area contributed by atoms with E-state index in [2.05, 4.69) is 15.2 Å². The maximum Gasteiger partial charge on any atom is 0.242 e. The summed E-state index contributed by atoms with van der Waals surface area (Å²) < 4.78 is 13.2. The summed E-state index contributed by atoms with van der Waals surface area (Å²) in [5, 5.41) is 2.81. The molecule has 1 fully saturated rings. The van der Waals surface area contributed by atoms with Crippen LogP contribution in [0.2, 0.25) is 0 Å². The molecule has 0 radical (unpaired) electrons. The normalized spacial score (nSPS) is 18.0. The van der Waals surface area contributed by atoms with Crippen LogP contribution in [-0.4, -0.2) is 40.0 Å². The first-order chi connectivity index (χ1) is 11.2. The van der Waals surface area contributed by atoms with E-state index < -0.39 is 0 Å². The van der Waals surface area contributed by atoms with Crippen LogP contribution in [0.3, 0.4) is 0 Å². The maximum absolute atomic E-state index is 13.2.